The summed E-state index contributed by atoms with van der Waals surface area (Å²) in [5.74, 6) is -0.825. The van der Waals surface area contributed by atoms with E-state index in [1.807, 2.05) is 30.3 Å². The Kier molecular flexibility index (Phi) is 8.04. The summed E-state index contributed by atoms with van der Waals surface area (Å²) in [4.78, 5) is 37.0. The number of nitrogens with one attached hydrogen (secondary N) is 1. The summed E-state index contributed by atoms with van der Waals surface area (Å²) < 4.78 is 0. The minimum absolute atomic E-state index is 0.127. The van der Waals surface area contributed by atoms with Crippen molar-refractivity contribution < 1.29 is 24.6 Å². The maximum Gasteiger partial charge on any atom is 0.254 e. The number of amides is 2. The van der Waals surface area contributed by atoms with E-state index in [-0.39, 0.29) is 18.9 Å². The van der Waals surface area contributed by atoms with Crippen LogP contribution in [0.1, 0.15) is 28.4 Å². The fraction of sp³-hybridized carbons (Fsp3) is 0.259. The quantitative estimate of drug-likeness (QED) is 0.418. The minimum Gasteiger partial charge on any atom is -0.399 e. The van der Waals surface area contributed by atoms with Gasteiger partial charge in [0.15, 0.2) is 0 Å². The highest BCUT2D eigenvalue weighted by atomic mass is 16.6. The van der Waals surface area contributed by atoms with Crippen LogP contribution in [0.5, 0.6) is 0 Å². The fourth-order valence-electron chi connectivity index (χ4n) is 4.25. The third-order valence-corrected chi connectivity index (χ3v) is 6.13. The maximum atomic E-state index is 13.4. The van der Waals surface area contributed by atoms with Crippen LogP contribution in [0.3, 0.4) is 0 Å². The lowest BCUT2D eigenvalue weighted by Gasteiger charge is -2.28. The van der Waals surface area contributed by atoms with Gasteiger partial charge in [-0.15, -0.1) is 0 Å². The Balaban J connectivity index is 1.52. The molecule has 1 aliphatic rings. The Labute approximate surface area is 209 Å². The van der Waals surface area contributed by atoms with E-state index in [9.17, 15) is 19.8 Å². The number of carbonyl (C=O) groups excluding carboxylic acids is 2. The van der Waals surface area contributed by atoms with Crippen LogP contribution in [0, 0.1) is 0 Å². The molecule has 3 N–H and O–H groups in total. The zero-order valence-corrected chi connectivity index (χ0v) is 19.8. The van der Waals surface area contributed by atoms with E-state index in [0.29, 0.717) is 16.8 Å². The van der Waals surface area contributed by atoms with Crippen molar-refractivity contribution >= 4 is 17.5 Å². The first kappa shape index (κ1) is 25.0. The Morgan fingerprint density at radius 2 is 1.75 bits per heavy atom. The molecule has 36 heavy (non-hydrogen) atoms. The molecule has 9 nitrogen and oxygen atoms in total. The smallest absolute Gasteiger partial charge is 0.254 e. The van der Waals surface area contributed by atoms with E-state index in [1.165, 1.54) is 12.0 Å². The van der Waals surface area contributed by atoms with Gasteiger partial charge in [-0.05, 0) is 41.0 Å². The Hall–Kier alpha value is -4.08. The number of pyridine rings is 1. The van der Waals surface area contributed by atoms with Crippen LogP contribution in [0.4, 0.5) is 0 Å². The SMILES string of the molecule is CO/N=C1/C[C@@H](C(=O)N[C@@H](CO)[C@@H](O)c2ccccc2)N(C(=O)c2ccc(-c3ccncc3)cc2)C1. The van der Waals surface area contributed by atoms with Crippen LogP contribution in [0.25, 0.3) is 11.1 Å². The topological polar surface area (TPSA) is 124 Å². The third kappa shape index (κ3) is 5.59. The number of aromatic nitrogens is 1. The first-order chi connectivity index (χ1) is 17.5. The van der Waals surface area contributed by atoms with Crippen LogP contribution in [0.15, 0.2) is 84.3 Å². The number of benzene rings is 2. The highest BCUT2D eigenvalue weighted by molar-refractivity contribution is 6.05. The maximum absolute atomic E-state index is 13.4. The second-order valence-electron chi connectivity index (χ2n) is 8.46. The van der Waals surface area contributed by atoms with Crippen molar-refractivity contribution in [3.8, 4) is 11.1 Å². The number of likely N-dealkylation sites (tertiary alicyclic amines) is 1. The fourth-order valence-corrected chi connectivity index (χ4v) is 4.25. The van der Waals surface area contributed by atoms with Gasteiger partial charge in [-0.25, -0.2) is 0 Å². The van der Waals surface area contributed by atoms with E-state index in [1.54, 1.807) is 48.8 Å². The number of aliphatic hydroxyl groups excluding tert-OH is 2. The van der Waals surface area contributed by atoms with Crippen molar-refractivity contribution in [1.82, 2.24) is 15.2 Å². The van der Waals surface area contributed by atoms with Gasteiger partial charge in [0.1, 0.15) is 19.3 Å². The monoisotopic (exact) mass is 488 g/mol. The molecule has 2 heterocycles. The average Bonchev–Trinajstić information content (AvgIpc) is 3.36. The molecular weight excluding hydrogens is 460 g/mol. The first-order valence-corrected chi connectivity index (χ1v) is 11.6. The van der Waals surface area contributed by atoms with Crippen LogP contribution in [-0.4, -0.2) is 70.0 Å². The van der Waals surface area contributed by atoms with Gasteiger partial charge in [0.25, 0.3) is 5.91 Å². The van der Waals surface area contributed by atoms with Gasteiger partial charge in [-0.1, -0.05) is 47.6 Å². The summed E-state index contributed by atoms with van der Waals surface area (Å²) >= 11 is 0. The van der Waals surface area contributed by atoms with Crippen molar-refractivity contribution in [3.05, 3.63) is 90.3 Å². The first-order valence-electron chi connectivity index (χ1n) is 11.6. The molecule has 2 amide bonds. The Bertz CT molecular complexity index is 1200. The third-order valence-electron chi connectivity index (χ3n) is 6.13. The second-order valence-corrected chi connectivity index (χ2v) is 8.46. The molecule has 0 aliphatic carbocycles. The highest BCUT2D eigenvalue weighted by Gasteiger charge is 2.39. The Morgan fingerprint density at radius 1 is 1.08 bits per heavy atom. The normalized spacial score (nSPS) is 18.0. The molecule has 186 valence electrons. The molecule has 0 radical (unpaired) electrons. The molecule has 0 bridgehead atoms. The molecule has 4 rings (SSSR count). The van der Waals surface area contributed by atoms with Crippen molar-refractivity contribution in [2.24, 2.45) is 5.16 Å². The number of hydrogen-bond donors (Lipinski definition) is 3. The molecule has 1 saturated heterocycles. The molecule has 2 aromatic carbocycles. The number of carbonyl (C=O) groups is 2. The van der Waals surface area contributed by atoms with Gasteiger partial charge in [-0.3, -0.25) is 14.6 Å². The molecule has 1 aliphatic heterocycles. The summed E-state index contributed by atoms with van der Waals surface area (Å²) in [6.45, 7) is -0.347. The van der Waals surface area contributed by atoms with E-state index in [2.05, 4.69) is 15.5 Å². The molecule has 3 aromatic rings. The van der Waals surface area contributed by atoms with Crippen molar-refractivity contribution in [3.63, 3.8) is 0 Å². The molecule has 0 spiro atoms. The average molecular weight is 489 g/mol. The standard InChI is InChI=1S/C27H28N4O5/c1-36-30-22-15-24(26(34)29-23(17-32)25(33)20-5-3-2-4-6-20)31(16-22)27(35)21-9-7-18(8-10-21)19-11-13-28-14-12-19/h2-14,23-25,32-33H,15-17H2,1H3,(H,29,34)/b30-22-/t23-,24-,25-/m0/s1. The highest BCUT2D eigenvalue weighted by Crippen LogP contribution is 2.24. The van der Waals surface area contributed by atoms with Crippen LogP contribution < -0.4 is 5.32 Å². The summed E-state index contributed by atoms with van der Waals surface area (Å²) in [6, 6.07) is 17.8. The molecule has 1 fully saturated rings. The number of nitrogens with zero attached hydrogens (tertiary/aromatic N) is 3. The lowest BCUT2D eigenvalue weighted by atomic mass is 10.0. The van der Waals surface area contributed by atoms with E-state index < -0.39 is 30.7 Å². The number of oxime groups is 1. The zero-order chi connectivity index (χ0) is 25.5. The number of hydrogen-bond acceptors (Lipinski definition) is 7. The summed E-state index contributed by atoms with van der Waals surface area (Å²) in [5.41, 5.74) is 3.44. The molecule has 1 aromatic heterocycles. The van der Waals surface area contributed by atoms with Crippen molar-refractivity contribution in [1.29, 1.82) is 0 Å². The van der Waals surface area contributed by atoms with E-state index >= 15 is 0 Å². The molecule has 0 saturated carbocycles. The summed E-state index contributed by atoms with van der Waals surface area (Å²) in [7, 11) is 1.41. The minimum atomic E-state index is -1.11. The van der Waals surface area contributed by atoms with Crippen LogP contribution >= 0.6 is 0 Å². The predicted molar refractivity (Wildman–Crippen MR) is 134 cm³/mol. The molecule has 3 atom stereocenters. The van der Waals surface area contributed by atoms with Gasteiger partial charge in [-0.2, -0.15) is 0 Å². The zero-order valence-electron chi connectivity index (χ0n) is 19.8. The lowest BCUT2D eigenvalue weighted by molar-refractivity contribution is -0.126. The van der Waals surface area contributed by atoms with Crippen molar-refractivity contribution in [2.75, 3.05) is 20.3 Å². The second kappa shape index (κ2) is 11.6. The van der Waals surface area contributed by atoms with Gasteiger partial charge in [0, 0.05) is 24.4 Å². The number of aliphatic hydroxyl groups is 2. The Morgan fingerprint density at radius 3 is 2.39 bits per heavy atom. The molecule has 0 unspecified atom stereocenters. The van der Waals surface area contributed by atoms with Gasteiger partial charge in [0.2, 0.25) is 5.91 Å². The van der Waals surface area contributed by atoms with Gasteiger partial charge < -0.3 is 25.3 Å². The lowest BCUT2D eigenvalue weighted by Crippen LogP contribution is -2.51. The van der Waals surface area contributed by atoms with Crippen LogP contribution in [0.2, 0.25) is 0 Å². The molecular formula is C27H28N4O5. The summed E-state index contributed by atoms with van der Waals surface area (Å²) in [5, 5.41) is 27.2. The van der Waals surface area contributed by atoms with Crippen LogP contribution in [-0.2, 0) is 9.63 Å². The number of rotatable bonds is 8. The van der Waals surface area contributed by atoms with E-state index in [4.69, 9.17) is 4.84 Å². The van der Waals surface area contributed by atoms with Crippen molar-refractivity contribution in [2.45, 2.75) is 24.6 Å². The predicted octanol–water partition coefficient (Wildman–Crippen LogP) is 2.18. The summed E-state index contributed by atoms with van der Waals surface area (Å²) in [6.07, 6.45) is 2.47. The van der Waals surface area contributed by atoms with Gasteiger partial charge in [0.05, 0.1) is 24.9 Å². The largest absolute Gasteiger partial charge is 0.399 e. The molecule has 9 heteroatoms. The van der Waals surface area contributed by atoms with Gasteiger partial charge >= 0.3 is 0 Å². The van der Waals surface area contributed by atoms with E-state index in [0.717, 1.165) is 11.1 Å².